The van der Waals surface area contributed by atoms with Crippen LogP contribution in [0.15, 0.2) is 18.2 Å². The summed E-state index contributed by atoms with van der Waals surface area (Å²) in [4.78, 5) is 11.0. The molecule has 1 aromatic rings. The van der Waals surface area contributed by atoms with Crippen LogP contribution in [0.1, 0.15) is 36.2 Å². The minimum absolute atomic E-state index is 0.118. The molecular weight excluding hydrogens is 252 g/mol. The highest BCUT2D eigenvalue weighted by Gasteiger charge is 2.20. The number of anilines is 1. The molecule has 1 atom stereocenters. The highest BCUT2D eigenvalue weighted by molar-refractivity contribution is 7.91. The van der Waals surface area contributed by atoms with Crippen LogP contribution in [0.5, 0.6) is 0 Å². The van der Waals surface area contributed by atoms with Gasteiger partial charge in [-0.05, 0) is 31.0 Å². The van der Waals surface area contributed by atoms with Crippen LogP contribution in [0, 0.1) is 0 Å². The summed E-state index contributed by atoms with van der Waals surface area (Å²) in [7, 11) is -3.22. The summed E-state index contributed by atoms with van der Waals surface area (Å²) in [5.74, 6) is -0.703. The van der Waals surface area contributed by atoms with Crippen molar-refractivity contribution in [3.8, 4) is 0 Å². The first-order valence-corrected chi connectivity index (χ1v) is 7.39. The Kier molecular flexibility index (Phi) is 4.34. The van der Waals surface area contributed by atoms with Gasteiger partial charge >= 0.3 is 0 Å². The molecule has 0 spiro atoms. The number of hydrogen-bond donors (Lipinski definition) is 2. The number of nitrogen functional groups attached to an aromatic ring is 1. The third kappa shape index (κ3) is 3.22. The van der Waals surface area contributed by atoms with Crippen LogP contribution in [-0.4, -0.2) is 19.6 Å². The SMILES string of the molecule is CCC(C)S(=O)(=O)Cc1ccc(C(N)=O)cc1N. The average molecular weight is 270 g/mol. The summed E-state index contributed by atoms with van der Waals surface area (Å²) < 4.78 is 23.9. The Bertz CT molecular complexity index is 552. The molecule has 6 heteroatoms. The maximum atomic E-state index is 12.0. The molecule has 0 saturated heterocycles. The Morgan fingerprint density at radius 2 is 2.00 bits per heavy atom. The van der Waals surface area contributed by atoms with Crippen molar-refractivity contribution in [3.63, 3.8) is 0 Å². The van der Waals surface area contributed by atoms with E-state index >= 15 is 0 Å². The molecule has 100 valence electrons. The predicted octanol–water partition coefficient (Wildman–Crippen LogP) is 1.08. The van der Waals surface area contributed by atoms with Gasteiger partial charge in [0.2, 0.25) is 5.91 Å². The van der Waals surface area contributed by atoms with E-state index in [1.165, 1.54) is 18.2 Å². The van der Waals surface area contributed by atoms with Crippen LogP contribution >= 0.6 is 0 Å². The zero-order chi connectivity index (χ0) is 13.9. The highest BCUT2D eigenvalue weighted by atomic mass is 32.2. The van der Waals surface area contributed by atoms with Crippen molar-refractivity contribution in [1.29, 1.82) is 0 Å². The van der Waals surface area contributed by atoms with E-state index in [0.717, 1.165) is 0 Å². The molecule has 18 heavy (non-hydrogen) atoms. The van der Waals surface area contributed by atoms with Crippen molar-refractivity contribution in [2.45, 2.75) is 31.3 Å². The summed E-state index contributed by atoms with van der Waals surface area (Å²) in [5.41, 5.74) is 11.9. The summed E-state index contributed by atoms with van der Waals surface area (Å²) in [5, 5.41) is -0.410. The molecule has 1 rings (SSSR count). The Morgan fingerprint density at radius 1 is 1.39 bits per heavy atom. The van der Waals surface area contributed by atoms with Gasteiger partial charge in [0, 0.05) is 11.3 Å². The van der Waals surface area contributed by atoms with E-state index in [0.29, 0.717) is 12.0 Å². The van der Waals surface area contributed by atoms with Crippen LogP contribution < -0.4 is 11.5 Å². The molecule has 0 bridgehead atoms. The van der Waals surface area contributed by atoms with Gasteiger partial charge in [0.1, 0.15) is 0 Å². The first kappa shape index (κ1) is 14.5. The van der Waals surface area contributed by atoms with Gasteiger partial charge in [0.25, 0.3) is 0 Å². The van der Waals surface area contributed by atoms with Gasteiger partial charge in [0.15, 0.2) is 9.84 Å². The summed E-state index contributed by atoms with van der Waals surface area (Å²) >= 11 is 0. The second-order valence-electron chi connectivity index (χ2n) is 4.30. The van der Waals surface area contributed by atoms with Gasteiger partial charge in [-0.1, -0.05) is 13.0 Å². The molecule has 0 heterocycles. The normalized spacial score (nSPS) is 13.2. The molecule has 0 aliphatic carbocycles. The fraction of sp³-hybridized carbons (Fsp3) is 0.417. The maximum Gasteiger partial charge on any atom is 0.248 e. The third-order valence-electron chi connectivity index (χ3n) is 2.98. The lowest BCUT2D eigenvalue weighted by atomic mass is 10.1. The third-order valence-corrected chi connectivity index (χ3v) is 5.25. The standard InChI is InChI=1S/C12H18N2O3S/c1-3-8(2)18(16,17)7-10-5-4-9(12(14)15)6-11(10)13/h4-6,8H,3,7,13H2,1-2H3,(H2,14,15). The zero-order valence-electron chi connectivity index (χ0n) is 10.5. The van der Waals surface area contributed by atoms with E-state index < -0.39 is 21.0 Å². The lowest BCUT2D eigenvalue weighted by Gasteiger charge is -2.12. The highest BCUT2D eigenvalue weighted by Crippen LogP contribution is 2.20. The molecule has 0 aliphatic rings. The van der Waals surface area contributed by atoms with Crippen molar-refractivity contribution in [2.24, 2.45) is 5.73 Å². The fourth-order valence-corrected chi connectivity index (χ4v) is 2.98. The molecule has 0 radical (unpaired) electrons. The summed E-state index contributed by atoms with van der Waals surface area (Å²) in [6, 6.07) is 4.43. The van der Waals surface area contributed by atoms with E-state index in [4.69, 9.17) is 11.5 Å². The molecule has 0 saturated carbocycles. The topological polar surface area (TPSA) is 103 Å². The minimum Gasteiger partial charge on any atom is -0.398 e. The molecule has 1 unspecified atom stereocenters. The number of nitrogens with two attached hydrogens (primary N) is 2. The first-order chi connectivity index (χ1) is 8.27. The van der Waals surface area contributed by atoms with Gasteiger partial charge in [-0.3, -0.25) is 4.79 Å². The average Bonchev–Trinajstić information content (AvgIpc) is 2.30. The molecule has 0 aliphatic heterocycles. The molecule has 0 fully saturated rings. The first-order valence-electron chi connectivity index (χ1n) is 5.67. The Labute approximate surface area is 107 Å². The number of benzene rings is 1. The number of carbonyl (C=O) groups excluding carboxylic acids is 1. The number of rotatable bonds is 5. The van der Waals surface area contributed by atoms with E-state index in [-0.39, 0.29) is 17.0 Å². The lowest BCUT2D eigenvalue weighted by Crippen LogP contribution is -2.19. The largest absolute Gasteiger partial charge is 0.398 e. The van der Waals surface area contributed by atoms with Crippen LogP contribution in [0.4, 0.5) is 5.69 Å². The van der Waals surface area contributed by atoms with Crippen LogP contribution in [0.2, 0.25) is 0 Å². The Morgan fingerprint density at radius 3 is 2.44 bits per heavy atom. The van der Waals surface area contributed by atoms with E-state index in [9.17, 15) is 13.2 Å². The van der Waals surface area contributed by atoms with Gasteiger partial charge in [-0.15, -0.1) is 0 Å². The fourth-order valence-electron chi connectivity index (χ4n) is 1.49. The Balaban J connectivity index is 3.03. The van der Waals surface area contributed by atoms with Gasteiger partial charge in [0.05, 0.1) is 11.0 Å². The van der Waals surface area contributed by atoms with Gasteiger partial charge in [-0.2, -0.15) is 0 Å². The monoisotopic (exact) mass is 270 g/mol. The Hall–Kier alpha value is -1.56. The molecule has 1 aromatic carbocycles. The van der Waals surface area contributed by atoms with Crippen LogP contribution in [0.25, 0.3) is 0 Å². The van der Waals surface area contributed by atoms with Crippen LogP contribution in [-0.2, 0) is 15.6 Å². The van der Waals surface area contributed by atoms with E-state index in [2.05, 4.69) is 0 Å². The van der Waals surface area contributed by atoms with Crippen molar-refractivity contribution >= 4 is 21.4 Å². The van der Waals surface area contributed by atoms with Gasteiger partial charge in [-0.25, -0.2) is 8.42 Å². The number of carbonyl (C=O) groups is 1. The number of hydrogen-bond acceptors (Lipinski definition) is 4. The molecule has 1 amide bonds. The second kappa shape index (κ2) is 5.39. The smallest absolute Gasteiger partial charge is 0.248 e. The van der Waals surface area contributed by atoms with Crippen molar-refractivity contribution in [1.82, 2.24) is 0 Å². The second-order valence-corrected chi connectivity index (χ2v) is 6.72. The molecule has 0 aromatic heterocycles. The minimum atomic E-state index is -3.22. The molecular formula is C12H18N2O3S. The molecule has 4 N–H and O–H groups in total. The lowest BCUT2D eigenvalue weighted by molar-refractivity contribution is 0.100. The van der Waals surface area contributed by atoms with Crippen LogP contribution in [0.3, 0.4) is 0 Å². The summed E-state index contributed by atoms with van der Waals surface area (Å²) in [6.07, 6.45) is 0.557. The van der Waals surface area contributed by atoms with Crippen molar-refractivity contribution in [3.05, 3.63) is 29.3 Å². The van der Waals surface area contributed by atoms with Gasteiger partial charge < -0.3 is 11.5 Å². The van der Waals surface area contributed by atoms with Crippen molar-refractivity contribution in [2.75, 3.05) is 5.73 Å². The number of sulfone groups is 1. The van der Waals surface area contributed by atoms with E-state index in [1.54, 1.807) is 6.92 Å². The zero-order valence-corrected chi connectivity index (χ0v) is 11.3. The van der Waals surface area contributed by atoms with E-state index in [1.807, 2.05) is 6.92 Å². The quantitative estimate of drug-likeness (QED) is 0.781. The predicted molar refractivity (Wildman–Crippen MR) is 71.7 cm³/mol. The number of amides is 1. The van der Waals surface area contributed by atoms with Crippen molar-refractivity contribution < 1.29 is 13.2 Å². The maximum absolute atomic E-state index is 12.0. The number of primary amides is 1. The summed E-state index contributed by atoms with van der Waals surface area (Å²) in [6.45, 7) is 3.49. The molecule has 5 nitrogen and oxygen atoms in total.